The zero-order valence-electron chi connectivity index (χ0n) is 10.3. The van der Waals surface area contributed by atoms with Crippen LogP contribution >= 0.6 is 0 Å². The van der Waals surface area contributed by atoms with Gasteiger partial charge in [-0.15, -0.1) is 0 Å². The number of hydroxylamine groups is 1. The second kappa shape index (κ2) is 5.49. The fourth-order valence-corrected chi connectivity index (χ4v) is 1.75. The molecule has 1 unspecified atom stereocenters. The van der Waals surface area contributed by atoms with E-state index in [9.17, 15) is 9.59 Å². The topological polar surface area (TPSA) is 79.5 Å². The maximum atomic E-state index is 12.1. The second-order valence-electron chi connectivity index (χ2n) is 4.13. The molecule has 1 aromatic carbocycles. The Morgan fingerprint density at radius 3 is 2.68 bits per heavy atom. The van der Waals surface area contributed by atoms with Crippen LogP contribution in [-0.4, -0.2) is 16.9 Å². The molecule has 5 heteroatoms. The zero-order chi connectivity index (χ0) is 13.8. The van der Waals surface area contributed by atoms with Gasteiger partial charge in [0.2, 0.25) is 5.78 Å². The molecule has 0 saturated heterocycles. The summed E-state index contributed by atoms with van der Waals surface area (Å²) >= 11 is 0. The maximum absolute atomic E-state index is 12.1. The van der Waals surface area contributed by atoms with Gasteiger partial charge in [-0.1, -0.05) is 18.2 Å². The third kappa shape index (κ3) is 2.71. The van der Waals surface area contributed by atoms with E-state index in [1.807, 2.05) is 0 Å². The Morgan fingerprint density at radius 2 is 2.05 bits per heavy atom. The van der Waals surface area contributed by atoms with Crippen LogP contribution in [0.2, 0.25) is 0 Å². The molecule has 1 amide bonds. The Labute approximate surface area is 109 Å². The van der Waals surface area contributed by atoms with E-state index in [2.05, 4.69) is 0 Å². The molecule has 0 aliphatic carbocycles. The number of benzene rings is 1. The van der Waals surface area contributed by atoms with Crippen LogP contribution in [0.3, 0.4) is 0 Å². The lowest BCUT2D eigenvalue weighted by Crippen LogP contribution is -2.24. The highest BCUT2D eigenvalue weighted by atomic mass is 16.5. The summed E-state index contributed by atoms with van der Waals surface area (Å²) in [6, 6.07) is 9.89. The van der Waals surface area contributed by atoms with Crippen molar-refractivity contribution in [1.29, 1.82) is 0 Å². The van der Waals surface area contributed by atoms with Crippen molar-refractivity contribution >= 4 is 11.7 Å². The molecule has 5 nitrogen and oxygen atoms in total. The van der Waals surface area contributed by atoms with Crippen molar-refractivity contribution in [2.75, 3.05) is 0 Å². The normalized spacial score (nSPS) is 11.9. The van der Waals surface area contributed by atoms with Gasteiger partial charge < -0.3 is 4.42 Å². The quantitative estimate of drug-likeness (QED) is 0.500. The molecule has 98 valence electrons. The van der Waals surface area contributed by atoms with Crippen LogP contribution < -0.4 is 5.48 Å². The fourth-order valence-electron chi connectivity index (χ4n) is 1.75. The lowest BCUT2D eigenvalue weighted by atomic mass is 9.97. The Morgan fingerprint density at radius 1 is 1.26 bits per heavy atom. The first kappa shape index (κ1) is 13.0. The lowest BCUT2D eigenvalue weighted by molar-refractivity contribution is -0.130. The minimum atomic E-state index is -0.547. The molecule has 0 spiro atoms. The van der Waals surface area contributed by atoms with Crippen LogP contribution in [-0.2, 0) is 4.79 Å². The third-order valence-electron chi connectivity index (χ3n) is 2.90. The first-order chi connectivity index (χ1) is 9.13. The summed E-state index contributed by atoms with van der Waals surface area (Å²) in [5.41, 5.74) is 2.67. The first-order valence-corrected chi connectivity index (χ1v) is 5.75. The van der Waals surface area contributed by atoms with Gasteiger partial charge in [0.1, 0.15) is 0 Å². The van der Waals surface area contributed by atoms with Crippen molar-refractivity contribution in [3.05, 3.63) is 59.5 Å². The predicted octanol–water partition coefficient (Wildman–Crippen LogP) is 2.12. The molecular formula is C14H13NO4. The predicted molar refractivity (Wildman–Crippen MR) is 66.9 cm³/mol. The molecule has 1 heterocycles. The molecule has 0 fully saturated rings. The molecule has 0 saturated carbocycles. The molecule has 2 N–H and O–H groups in total. The van der Waals surface area contributed by atoms with E-state index in [0.717, 1.165) is 0 Å². The van der Waals surface area contributed by atoms with Crippen LogP contribution in [0.4, 0.5) is 0 Å². The van der Waals surface area contributed by atoms with Crippen molar-refractivity contribution in [2.24, 2.45) is 0 Å². The molecule has 0 aliphatic rings. The number of hydrogen-bond donors (Lipinski definition) is 2. The Bertz CT molecular complexity index is 589. The summed E-state index contributed by atoms with van der Waals surface area (Å²) < 4.78 is 5.05. The highest BCUT2D eigenvalue weighted by Gasteiger charge is 2.17. The lowest BCUT2D eigenvalue weighted by Gasteiger charge is -2.10. The van der Waals surface area contributed by atoms with Gasteiger partial charge in [-0.05, 0) is 30.7 Å². The molecule has 0 aliphatic heterocycles. The SMILES string of the molecule is CC(C(=O)NO)c1cccc(C(=O)c2ccco2)c1. The summed E-state index contributed by atoms with van der Waals surface area (Å²) in [5, 5.41) is 8.61. The van der Waals surface area contributed by atoms with Gasteiger partial charge >= 0.3 is 0 Å². The Hall–Kier alpha value is -2.40. The molecule has 2 rings (SSSR count). The molecule has 2 aromatic rings. The molecule has 0 bridgehead atoms. The maximum Gasteiger partial charge on any atom is 0.250 e. The number of amides is 1. The van der Waals surface area contributed by atoms with Crippen LogP contribution in [0.5, 0.6) is 0 Å². The summed E-state index contributed by atoms with van der Waals surface area (Å²) in [5.74, 6) is -1.07. The van der Waals surface area contributed by atoms with E-state index in [4.69, 9.17) is 9.62 Å². The van der Waals surface area contributed by atoms with E-state index in [0.29, 0.717) is 11.1 Å². The number of nitrogens with one attached hydrogen (secondary N) is 1. The van der Waals surface area contributed by atoms with Crippen LogP contribution in [0, 0.1) is 0 Å². The van der Waals surface area contributed by atoms with Crippen molar-refractivity contribution in [1.82, 2.24) is 5.48 Å². The molecular weight excluding hydrogens is 246 g/mol. The van der Waals surface area contributed by atoms with E-state index < -0.39 is 11.8 Å². The largest absolute Gasteiger partial charge is 0.461 e. The minimum absolute atomic E-state index is 0.247. The first-order valence-electron chi connectivity index (χ1n) is 5.75. The van der Waals surface area contributed by atoms with E-state index in [-0.39, 0.29) is 11.5 Å². The molecule has 1 aromatic heterocycles. The standard InChI is InChI=1S/C14H13NO4/c1-9(14(17)15-18)10-4-2-5-11(8-10)13(16)12-6-3-7-19-12/h2-9,18H,1H3,(H,15,17). The summed E-state index contributed by atoms with van der Waals surface area (Å²) in [6.07, 6.45) is 1.43. The van der Waals surface area contributed by atoms with Crippen LogP contribution in [0.15, 0.2) is 47.1 Å². The van der Waals surface area contributed by atoms with E-state index >= 15 is 0 Å². The third-order valence-corrected chi connectivity index (χ3v) is 2.90. The smallest absolute Gasteiger partial charge is 0.250 e. The number of hydrogen-bond acceptors (Lipinski definition) is 4. The van der Waals surface area contributed by atoms with Crippen molar-refractivity contribution in [3.63, 3.8) is 0 Å². The number of furan rings is 1. The van der Waals surface area contributed by atoms with Gasteiger partial charge in [0.25, 0.3) is 5.91 Å². The average molecular weight is 259 g/mol. The van der Waals surface area contributed by atoms with Gasteiger partial charge in [-0.25, -0.2) is 5.48 Å². The van der Waals surface area contributed by atoms with Crippen molar-refractivity contribution in [3.8, 4) is 0 Å². The number of rotatable bonds is 4. The monoisotopic (exact) mass is 259 g/mol. The van der Waals surface area contributed by atoms with Crippen molar-refractivity contribution < 1.29 is 19.2 Å². The Kier molecular flexibility index (Phi) is 3.77. The minimum Gasteiger partial charge on any atom is -0.461 e. The number of carbonyl (C=O) groups excluding carboxylic acids is 2. The van der Waals surface area contributed by atoms with Gasteiger partial charge in [0.15, 0.2) is 5.76 Å². The molecule has 19 heavy (non-hydrogen) atoms. The summed E-state index contributed by atoms with van der Waals surface area (Å²) in [7, 11) is 0. The van der Waals surface area contributed by atoms with E-state index in [1.54, 1.807) is 48.8 Å². The summed E-state index contributed by atoms with van der Waals surface area (Å²) in [6.45, 7) is 1.64. The zero-order valence-corrected chi connectivity index (χ0v) is 10.3. The van der Waals surface area contributed by atoms with Gasteiger partial charge in [0.05, 0.1) is 12.2 Å². The van der Waals surface area contributed by atoms with Crippen molar-refractivity contribution in [2.45, 2.75) is 12.8 Å². The number of ketones is 1. The summed E-state index contributed by atoms with van der Waals surface area (Å²) in [4.78, 5) is 23.4. The van der Waals surface area contributed by atoms with Crippen LogP contribution in [0.25, 0.3) is 0 Å². The van der Waals surface area contributed by atoms with Gasteiger partial charge in [0, 0.05) is 5.56 Å². The average Bonchev–Trinajstić information content (AvgIpc) is 2.99. The van der Waals surface area contributed by atoms with Crippen LogP contribution in [0.1, 0.15) is 34.5 Å². The molecule has 1 atom stereocenters. The number of carbonyl (C=O) groups is 2. The fraction of sp³-hybridized carbons (Fsp3) is 0.143. The van der Waals surface area contributed by atoms with Gasteiger partial charge in [-0.2, -0.15) is 0 Å². The van der Waals surface area contributed by atoms with Gasteiger partial charge in [-0.3, -0.25) is 14.8 Å². The highest BCUT2D eigenvalue weighted by Crippen LogP contribution is 2.19. The van der Waals surface area contributed by atoms with E-state index in [1.165, 1.54) is 6.26 Å². The highest BCUT2D eigenvalue weighted by molar-refractivity contribution is 6.07. The second-order valence-corrected chi connectivity index (χ2v) is 4.13. The molecule has 0 radical (unpaired) electrons. The Balaban J connectivity index is 2.29.